The van der Waals surface area contributed by atoms with Crippen LogP contribution >= 0.6 is 0 Å². The van der Waals surface area contributed by atoms with Gasteiger partial charge in [0.25, 0.3) is 5.91 Å². The van der Waals surface area contributed by atoms with Gasteiger partial charge in [0.2, 0.25) is 0 Å². The second kappa shape index (κ2) is 10.5. The number of pyridine rings is 2. The number of amides is 1. The minimum absolute atomic E-state index is 0.00676. The molecular formula is C24H24F3N5O2. The monoisotopic (exact) mass is 471 g/mol. The highest BCUT2D eigenvalue weighted by atomic mass is 19.4. The summed E-state index contributed by atoms with van der Waals surface area (Å²) in [6.07, 6.45) is 1.45. The second-order valence-corrected chi connectivity index (χ2v) is 7.87. The molecule has 34 heavy (non-hydrogen) atoms. The van der Waals surface area contributed by atoms with Gasteiger partial charge in [-0.15, -0.1) is 0 Å². The highest BCUT2D eigenvalue weighted by Crippen LogP contribution is 2.35. The van der Waals surface area contributed by atoms with Crippen LogP contribution in [-0.4, -0.2) is 35.1 Å². The fraction of sp³-hybridized carbons (Fsp3) is 0.292. The van der Waals surface area contributed by atoms with Crippen LogP contribution in [0.3, 0.4) is 0 Å². The predicted molar refractivity (Wildman–Crippen MR) is 122 cm³/mol. The van der Waals surface area contributed by atoms with E-state index in [-0.39, 0.29) is 23.1 Å². The lowest BCUT2D eigenvalue weighted by Gasteiger charge is -2.24. The summed E-state index contributed by atoms with van der Waals surface area (Å²) >= 11 is 0. The van der Waals surface area contributed by atoms with Crippen molar-refractivity contribution in [3.05, 3.63) is 77.7 Å². The van der Waals surface area contributed by atoms with Crippen LogP contribution < -0.4 is 20.7 Å². The molecule has 1 amide bonds. The SMILES string of the molecule is O=C(Nc1cc(OC2CCNCC2)cc(C(F)(F)F)c1)c1cccnc1NCc1ccncc1. The van der Waals surface area contributed by atoms with Crippen LogP contribution in [0.15, 0.2) is 61.1 Å². The van der Waals surface area contributed by atoms with Crippen molar-refractivity contribution in [1.82, 2.24) is 15.3 Å². The van der Waals surface area contributed by atoms with Crippen LogP contribution in [0.5, 0.6) is 5.75 Å². The molecule has 1 aromatic carbocycles. The lowest BCUT2D eigenvalue weighted by atomic mass is 10.1. The molecule has 4 rings (SSSR count). The third-order valence-corrected chi connectivity index (χ3v) is 5.34. The standard InChI is InChI=1S/C24H24F3N5O2/c25-24(26,27)17-12-18(14-20(13-17)34-19-5-10-29-11-6-19)32-23(33)21-2-1-7-30-22(21)31-15-16-3-8-28-9-4-16/h1-4,7-9,12-14,19,29H,5-6,10-11,15H2,(H,30,31)(H,32,33). The summed E-state index contributed by atoms with van der Waals surface area (Å²) in [4.78, 5) is 21.1. The van der Waals surface area contributed by atoms with E-state index in [1.807, 2.05) is 12.1 Å². The molecule has 3 aromatic rings. The number of benzene rings is 1. The van der Waals surface area contributed by atoms with Gasteiger partial charge in [-0.2, -0.15) is 13.2 Å². The average molecular weight is 471 g/mol. The first kappa shape index (κ1) is 23.5. The minimum atomic E-state index is -4.58. The van der Waals surface area contributed by atoms with Crippen molar-refractivity contribution in [2.45, 2.75) is 31.7 Å². The Morgan fingerprint density at radius 1 is 1.09 bits per heavy atom. The van der Waals surface area contributed by atoms with Crippen molar-refractivity contribution in [3.63, 3.8) is 0 Å². The van der Waals surface area contributed by atoms with E-state index in [9.17, 15) is 18.0 Å². The Labute approximate surface area is 194 Å². The Balaban J connectivity index is 1.53. The molecule has 1 fully saturated rings. The number of hydrogen-bond acceptors (Lipinski definition) is 6. The zero-order chi connectivity index (χ0) is 24.0. The Bertz CT molecular complexity index is 1120. The third-order valence-electron chi connectivity index (χ3n) is 5.34. The molecule has 3 heterocycles. The van der Waals surface area contributed by atoms with Gasteiger partial charge in [-0.25, -0.2) is 4.98 Å². The van der Waals surface area contributed by atoms with Crippen LogP contribution in [0.25, 0.3) is 0 Å². The van der Waals surface area contributed by atoms with Gasteiger partial charge in [0.05, 0.1) is 11.1 Å². The molecule has 10 heteroatoms. The maximum atomic E-state index is 13.5. The maximum Gasteiger partial charge on any atom is 0.416 e. The smallest absolute Gasteiger partial charge is 0.416 e. The maximum absolute atomic E-state index is 13.5. The van der Waals surface area contributed by atoms with E-state index in [2.05, 4.69) is 25.9 Å². The number of rotatable bonds is 7. The predicted octanol–water partition coefficient (Wildman–Crippen LogP) is 4.49. The summed E-state index contributed by atoms with van der Waals surface area (Å²) in [6.45, 7) is 1.88. The number of piperidine rings is 1. The van der Waals surface area contributed by atoms with Crippen molar-refractivity contribution in [3.8, 4) is 5.75 Å². The van der Waals surface area contributed by atoms with Crippen molar-refractivity contribution >= 4 is 17.4 Å². The molecule has 1 saturated heterocycles. The number of aromatic nitrogens is 2. The van der Waals surface area contributed by atoms with Gasteiger partial charge in [-0.05, 0) is 67.9 Å². The molecule has 0 radical (unpaired) electrons. The van der Waals surface area contributed by atoms with Gasteiger partial charge in [-0.1, -0.05) is 0 Å². The molecule has 3 N–H and O–H groups in total. The van der Waals surface area contributed by atoms with Crippen LogP contribution in [0.4, 0.5) is 24.7 Å². The molecule has 0 bridgehead atoms. The van der Waals surface area contributed by atoms with Gasteiger partial charge in [0.15, 0.2) is 0 Å². The fourth-order valence-electron chi connectivity index (χ4n) is 3.62. The summed E-state index contributed by atoms with van der Waals surface area (Å²) in [5, 5.41) is 8.84. The summed E-state index contributed by atoms with van der Waals surface area (Å²) in [5.41, 5.74) is 0.239. The van der Waals surface area contributed by atoms with Gasteiger partial charge in [-0.3, -0.25) is 9.78 Å². The number of alkyl halides is 3. The Morgan fingerprint density at radius 3 is 2.59 bits per heavy atom. The average Bonchev–Trinajstić information content (AvgIpc) is 2.83. The fourth-order valence-corrected chi connectivity index (χ4v) is 3.62. The number of carbonyl (C=O) groups is 1. The third kappa shape index (κ3) is 6.22. The number of carbonyl (C=O) groups excluding carboxylic acids is 1. The van der Waals surface area contributed by atoms with Crippen molar-refractivity contribution < 1.29 is 22.7 Å². The number of hydrogen-bond donors (Lipinski definition) is 3. The van der Waals surface area contributed by atoms with E-state index >= 15 is 0 Å². The number of ether oxygens (including phenoxy) is 1. The molecule has 1 aliphatic rings. The molecule has 0 unspecified atom stereocenters. The molecule has 178 valence electrons. The number of anilines is 2. The topological polar surface area (TPSA) is 88.2 Å². The quantitative estimate of drug-likeness (QED) is 0.471. The van der Waals surface area contributed by atoms with Crippen LogP contribution in [0.1, 0.15) is 34.3 Å². The summed E-state index contributed by atoms with van der Waals surface area (Å²) < 4.78 is 46.3. The molecule has 2 aromatic heterocycles. The van der Waals surface area contributed by atoms with Crippen molar-refractivity contribution in [2.75, 3.05) is 23.7 Å². The largest absolute Gasteiger partial charge is 0.490 e. The molecule has 1 aliphatic heterocycles. The van der Waals surface area contributed by atoms with E-state index in [1.165, 1.54) is 12.3 Å². The summed E-state index contributed by atoms with van der Waals surface area (Å²) in [5.74, 6) is -0.202. The second-order valence-electron chi connectivity index (χ2n) is 7.87. The van der Waals surface area contributed by atoms with Crippen LogP contribution in [0.2, 0.25) is 0 Å². The molecule has 0 aliphatic carbocycles. The first-order chi connectivity index (χ1) is 16.4. The first-order valence-corrected chi connectivity index (χ1v) is 10.9. The van der Waals surface area contributed by atoms with Gasteiger partial charge in [0, 0.05) is 36.9 Å². The van der Waals surface area contributed by atoms with E-state index in [4.69, 9.17) is 4.74 Å². The van der Waals surface area contributed by atoms with E-state index in [0.29, 0.717) is 25.2 Å². The lowest BCUT2D eigenvalue weighted by Crippen LogP contribution is -2.34. The van der Waals surface area contributed by atoms with Gasteiger partial charge in [0.1, 0.15) is 17.7 Å². The highest BCUT2D eigenvalue weighted by molar-refractivity contribution is 6.07. The first-order valence-electron chi connectivity index (χ1n) is 10.9. The summed E-state index contributed by atoms with van der Waals surface area (Å²) in [7, 11) is 0. The minimum Gasteiger partial charge on any atom is -0.490 e. The zero-order valence-corrected chi connectivity index (χ0v) is 18.2. The molecule has 0 saturated carbocycles. The van der Waals surface area contributed by atoms with E-state index < -0.39 is 17.6 Å². The Kier molecular flexibility index (Phi) is 7.27. The summed E-state index contributed by atoms with van der Waals surface area (Å²) in [6, 6.07) is 10.1. The highest BCUT2D eigenvalue weighted by Gasteiger charge is 2.32. The zero-order valence-electron chi connectivity index (χ0n) is 18.2. The normalized spacial score (nSPS) is 14.4. The molecule has 0 atom stereocenters. The van der Waals surface area contributed by atoms with E-state index in [1.54, 1.807) is 24.5 Å². The van der Waals surface area contributed by atoms with Gasteiger partial charge >= 0.3 is 6.18 Å². The Morgan fingerprint density at radius 2 is 1.85 bits per heavy atom. The van der Waals surface area contributed by atoms with Crippen LogP contribution in [0, 0.1) is 0 Å². The molecule has 0 spiro atoms. The molecular weight excluding hydrogens is 447 g/mol. The lowest BCUT2D eigenvalue weighted by molar-refractivity contribution is -0.137. The van der Waals surface area contributed by atoms with Crippen LogP contribution in [-0.2, 0) is 12.7 Å². The Hall–Kier alpha value is -3.66. The van der Waals surface area contributed by atoms with Gasteiger partial charge < -0.3 is 20.7 Å². The number of nitrogens with one attached hydrogen (secondary N) is 3. The van der Waals surface area contributed by atoms with E-state index in [0.717, 1.165) is 30.8 Å². The van der Waals surface area contributed by atoms with Crippen molar-refractivity contribution in [1.29, 1.82) is 0 Å². The number of halogens is 3. The molecule has 7 nitrogen and oxygen atoms in total. The number of nitrogens with zero attached hydrogens (tertiary/aromatic N) is 2. The van der Waals surface area contributed by atoms with Crippen molar-refractivity contribution in [2.24, 2.45) is 0 Å².